The van der Waals surface area contributed by atoms with Gasteiger partial charge in [-0.25, -0.2) is 0 Å². The number of nitrogens with one attached hydrogen (secondary N) is 1. The second-order valence-corrected chi connectivity index (χ2v) is 4.65. The fraction of sp³-hybridized carbons (Fsp3) is 0.500. The summed E-state index contributed by atoms with van der Waals surface area (Å²) in [6, 6.07) is 4.13. The normalized spacial score (nSPS) is 10.2. The Labute approximate surface area is 111 Å². The lowest BCUT2D eigenvalue weighted by molar-refractivity contribution is 0.352. The van der Waals surface area contributed by atoms with Crippen LogP contribution in [0.4, 0.5) is 0 Å². The summed E-state index contributed by atoms with van der Waals surface area (Å²) in [7, 11) is 3.33. The van der Waals surface area contributed by atoms with Gasteiger partial charge in [0.25, 0.3) is 0 Å². The third-order valence-electron chi connectivity index (χ3n) is 2.25. The maximum atomic E-state index is 5.31. The zero-order valence-corrected chi connectivity index (χ0v) is 12.1. The van der Waals surface area contributed by atoms with E-state index >= 15 is 0 Å². The first-order valence-electron chi connectivity index (χ1n) is 5.34. The van der Waals surface area contributed by atoms with Crippen molar-refractivity contribution >= 4 is 22.6 Å². The molecular weight excluding hydrogens is 317 g/mol. The average Bonchev–Trinajstić information content (AvgIpc) is 2.28. The van der Waals surface area contributed by atoms with Gasteiger partial charge in [0.15, 0.2) is 11.5 Å². The lowest BCUT2D eigenvalue weighted by Crippen LogP contribution is -2.14. The van der Waals surface area contributed by atoms with E-state index in [1.54, 1.807) is 14.2 Å². The lowest BCUT2D eigenvalue weighted by atomic mass is 10.2. The van der Waals surface area contributed by atoms with Crippen molar-refractivity contribution in [1.29, 1.82) is 0 Å². The molecule has 0 atom stereocenters. The van der Waals surface area contributed by atoms with Crippen molar-refractivity contribution in [2.24, 2.45) is 0 Å². The zero-order chi connectivity index (χ0) is 12.0. The molecular formula is C12H18INO2. The summed E-state index contributed by atoms with van der Waals surface area (Å²) in [5, 5.41) is 3.37. The predicted molar refractivity (Wildman–Crippen MR) is 74.3 cm³/mol. The van der Waals surface area contributed by atoms with E-state index in [1.165, 1.54) is 5.56 Å². The van der Waals surface area contributed by atoms with Crippen molar-refractivity contribution in [2.75, 3.05) is 20.8 Å². The molecule has 0 aromatic heterocycles. The van der Waals surface area contributed by atoms with Crippen LogP contribution in [0.5, 0.6) is 11.5 Å². The van der Waals surface area contributed by atoms with Gasteiger partial charge in [-0.2, -0.15) is 0 Å². The van der Waals surface area contributed by atoms with Crippen LogP contribution in [0.2, 0.25) is 0 Å². The Hall–Kier alpha value is -0.490. The molecule has 0 spiro atoms. The van der Waals surface area contributed by atoms with Gasteiger partial charge in [-0.3, -0.25) is 0 Å². The summed E-state index contributed by atoms with van der Waals surface area (Å²) in [6.45, 7) is 4.06. The molecule has 90 valence electrons. The van der Waals surface area contributed by atoms with Crippen LogP contribution in [-0.2, 0) is 6.54 Å². The summed E-state index contributed by atoms with van der Waals surface area (Å²) in [5.41, 5.74) is 1.22. The molecule has 0 aliphatic heterocycles. The second kappa shape index (κ2) is 6.96. The standard InChI is InChI=1S/C12H18INO2/c1-4-5-14-8-9-6-10(13)12(16-3)11(7-9)15-2/h6-7,14H,4-5,8H2,1-3H3. The van der Waals surface area contributed by atoms with Crippen molar-refractivity contribution in [2.45, 2.75) is 19.9 Å². The highest BCUT2D eigenvalue weighted by Gasteiger charge is 2.09. The van der Waals surface area contributed by atoms with Gasteiger partial charge >= 0.3 is 0 Å². The van der Waals surface area contributed by atoms with Crippen molar-refractivity contribution in [3.63, 3.8) is 0 Å². The Morgan fingerprint density at radius 1 is 1.25 bits per heavy atom. The molecule has 0 heterocycles. The third-order valence-corrected chi connectivity index (χ3v) is 3.05. The van der Waals surface area contributed by atoms with Crippen molar-refractivity contribution < 1.29 is 9.47 Å². The van der Waals surface area contributed by atoms with Gasteiger partial charge in [0.1, 0.15) is 0 Å². The van der Waals surface area contributed by atoms with Crippen LogP contribution in [0.1, 0.15) is 18.9 Å². The molecule has 0 aliphatic carbocycles. The number of rotatable bonds is 6. The fourth-order valence-corrected chi connectivity index (χ4v) is 2.37. The first kappa shape index (κ1) is 13.6. The van der Waals surface area contributed by atoms with Crippen molar-refractivity contribution in [3.8, 4) is 11.5 Å². The molecule has 0 amide bonds. The summed E-state index contributed by atoms with van der Waals surface area (Å²) < 4.78 is 11.7. The molecule has 1 rings (SSSR count). The van der Waals surface area contributed by atoms with E-state index < -0.39 is 0 Å². The smallest absolute Gasteiger partial charge is 0.174 e. The van der Waals surface area contributed by atoms with E-state index in [9.17, 15) is 0 Å². The SMILES string of the molecule is CCCNCc1cc(I)c(OC)c(OC)c1. The minimum absolute atomic E-state index is 0.794. The van der Waals surface area contributed by atoms with Gasteiger partial charge in [-0.05, 0) is 53.3 Å². The highest BCUT2D eigenvalue weighted by Crippen LogP contribution is 2.33. The van der Waals surface area contributed by atoms with Crippen molar-refractivity contribution in [1.82, 2.24) is 5.32 Å². The van der Waals surface area contributed by atoms with Gasteiger partial charge in [0.05, 0.1) is 17.8 Å². The maximum absolute atomic E-state index is 5.31. The van der Waals surface area contributed by atoms with Crippen LogP contribution in [-0.4, -0.2) is 20.8 Å². The Morgan fingerprint density at radius 2 is 2.00 bits per heavy atom. The molecule has 0 radical (unpaired) electrons. The third kappa shape index (κ3) is 3.52. The molecule has 0 unspecified atom stereocenters. The van der Waals surface area contributed by atoms with Crippen LogP contribution in [0.3, 0.4) is 0 Å². The number of ether oxygens (including phenoxy) is 2. The Kier molecular flexibility index (Phi) is 5.90. The number of methoxy groups -OCH3 is 2. The van der Waals surface area contributed by atoms with Crippen LogP contribution >= 0.6 is 22.6 Å². The number of hydrogen-bond acceptors (Lipinski definition) is 3. The molecule has 1 aromatic carbocycles. The van der Waals surface area contributed by atoms with Gasteiger partial charge in [0.2, 0.25) is 0 Å². The minimum Gasteiger partial charge on any atom is -0.493 e. The molecule has 1 N–H and O–H groups in total. The fourth-order valence-electron chi connectivity index (χ4n) is 1.48. The van der Waals surface area contributed by atoms with Gasteiger partial charge in [-0.15, -0.1) is 0 Å². The second-order valence-electron chi connectivity index (χ2n) is 3.49. The highest BCUT2D eigenvalue weighted by molar-refractivity contribution is 14.1. The number of halogens is 1. The summed E-state index contributed by atoms with van der Waals surface area (Å²) in [6.07, 6.45) is 1.14. The average molecular weight is 335 g/mol. The topological polar surface area (TPSA) is 30.5 Å². The molecule has 1 aromatic rings. The molecule has 4 heteroatoms. The monoisotopic (exact) mass is 335 g/mol. The summed E-state index contributed by atoms with van der Waals surface area (Å²) in [5.74, 6) is 1.60. The largest absolute Gasteiger partial charge is 0.493 e. The van der Waals surface area contributed by atoms with E-state index in [0.717, 1.165) is 34.6 Å². The van der Waals surface area contributed by atoms with E-state index in [4.69, 9.17) is 9.47 Å². The molecule has 0 saturated carbocycles. The molecule has 3 nitrogen and oxygen atoms in total. The summed E-state index contributed by atoms with van der Waals surface area (Å²) >= 11 is 2.26. The predicted octanol–water partition coefficient (Wildman–Crippen LogP) is 2.81. The molecule has 16 heavy (non-hydrogen) atoms. The van der Waals surface area contributed by atoms with E-state index in [1.807, 2.05) is 6.07 Å². The molecule has 0 fully saturated rings. The highest BCUT2D eigenvalue weighted by atomic mass is 127. The van der Waals surface area contributed by atoms with Gasteiger partial charge in [0, 0.05) is 6.54 Å². The van der Waals surface area contributed by atoms with Crippen LogP contribution in [0.15, 0.2) is 12.1 Å². The van der Waals surface area contributed by atoms with Gasteiger partial charge in [-0.1, -0.05) is 6.92 Å². The first-order valence-corrected chi connectivity index (χ1v) is 6.41. The summed E-state index contributed by atoms with van der Waals surface area (Å²) in [4.78, 5) is 0. The molecule has 0 saturated heterocycles. The quantitative estimate of drug-likeness (QED) is 0.641. The maximum Gasteiger partial charge on any atom is 0.174 e. The Morgan fingerprint density at radius 3 is 2.56 bits per heavy atom. The van der Waals surface area contributed by atoms with E-state index in [0.29, 0.717) is 0 Å². The van der Waals surface area contributed by atoms with Crippen molar-refractivity contribution in [3.05, 3.63) is 21.3 Å². The first-order chi connectivity index (χ1) is 7.72. The van der Waals surface area contributed by atoms with Crippen LogP contribution < -0.4 is 14.8 Å². The Balaban J connectivity index is 2.83. The zero-order valence-electron chi connectivity index (χ0n) is 9.97. The lowest BCUT2D eigenvalue weighted by Gasteiger charge is -2.12. The molecule has 0 aliphatic rings. The van der Waals surface area contributed by atoms with Gasteiger partial charge < -0.3 is 14.8 Å². The van der Waals surface area contributed by atoms with Crippen LogP contribution in [0.25, 0.3) is 0 Å². The Bertz CT molecular complexity index is 342. The number of hydrogen-bond donors (Lipinski definition) is 1. The number of benzene rings is 1. The van der Waals surface area contributed by atoms with E-state index in [-0.39, 0.29) is 0 Å². The van der Waals surface area contributed by atoms with E-state index in [2.05, 4.69) is 40.9 Å². The van der Waals surface area contributed by atoms with Crippen LogP contribution in [0, 0.1) is 3.57 Å². The minimum atomic E-state index is 0.794. The molecule has 0 bridgehead atoms.